The van der Waals surface area contributed by atoms with E-state index in [-0.39, 0.29) is 33.7 Å². The van der Waals surface area contributed by atoms with Crippen LogP contribution in [0.5, 0.6) is 11.5 Å². The van der Waals surface area contributed by atoms with Gasteiger partial charge in [0.05, 0.1) is 12.1 Å². The number of nitrogens with zero attached hydrogens (tertiary/aromatic N) is 3. The molecule has 5 heteroatoms. The fourth-order valence-electron chi connectivity index (χ4n) is 6.71. The number of likely N-dealkylation sites (tertiary alicyclic amines) is 1. The minimum atomic E-state index is -0.193. The van der Waals surface area contributed by atoms with Crippen molar-refractivity contribution in [2.24, 2.45) is 9.98 Å². The van der Waals surface area contributed by atoms with Gasteiger partial charge in [-0.3, -0.25) is 14.9 Å². The lowest BCUT2D eigenvalue weighted by Crippen LogP contribution is -2.35. The van der Waals surface area contributed by atoms with Gasteiger partial charge in [0.15, 0.2) is 0 Å². The van der Waals surface area contributed by atoms with Crippen LogP contribution in [0.15, 0.2) is 34.3 Å². The van der Waals surface area contributed by atoms with Gasteiger partial charge in [-0.2, -0.15) is 0 Å². The van der Waals surface area contributed by atoms with E-state index in [0.717, 1.165) is 35.3 Å². The highest BCUT2D eigenvalue weighted by atomic mass is 16.3. The second-order valence-corrected chi connectivity index (χ2v) is 17.9. The van der Waals surface area contributed by atoms with Gasteiger partial charge in [0.1, 0.15) is 11.5 Å². The van der Waals surface area contributed by atoms with Gasteiger partial charge in [0.25, 0.3) is 0 Å². The summed E-state index contributed by atoms with van der Waals surface area (Å²) in [6.07, 6.45) is 10.2. The number of phenolic OH excluding ortho intramolecular Hbond substituents is 2. The molecule has 1 aliphatic carbocycles. The van der Waals surface area contributed by atoms with Crippen molar-refractivity contribution in [2.45, 2.75) is 155 Å². The molecule has 1 saturated carbocycles. The average Bonchev–Trinajstić information content (AvgIpc) is 3.32. The van der Waals surface area contributed by atoms with Crippen LogP contribution < -0.4 is 0 Å². The quantitative estimate of drug-likeness (QED) is 0.330. The van der Waals surface area contributed by atoms with Gasteiger partial charge in [0.2, 0.25) is 0 Å². The van der Waals surface area contributed by atoms with Crippen LogP contribution >= 0.6 is 0 Å². The van der Waals surface area contributed by atoms with Crippen molar-refractivity contribution < 1.29 is 10.2 Å². The highest BCUT2D eigenvalue weighted by Crippen LogP contribution is 2.39. The van der Waals surface area contributed by atoms with Crippen molar-refractivity contribution in [1.82, 2.24) is 4.90 Å². The largest absolute Gasteiger partial charge is 0.507 e. The van der Waals surface area contributed by atoms with E-state index in [2.05, 4.69) is 112 Å². The lowest BCUT2D eigenvalue weighted by Gasteiger charge is -2.30. The molecule has 248 valence electrons. The van der Waals surface area contributed by atoms with Crippen LogP contribution in [0.2, 0.25) is 0 Å². The normalized spacial score (nSPS) is 21.4. The fraction of sp³-hybridized carbons (Fsp3) is 0.650. The van der Waals surface area contributed by atoms with Gasteiger partial charge in [-0.15, -0.1) is 0 Å². The lowest BCUT2D eigenvalue weighted by molar-refractivity contribution is 0.188. The molecule has 2 aromatic carbocycles. The molecule has 2 aromatic rings. The van der Waals surface area contributed by atoms with E-state index >= 15 is 0 Å². The summed E-state index contributed by atoms with van der Waals surface area (Å²) in [6.45, 7) is 27.9. The molecule has 1 heterocycles. The lowest BCUT2D eigenvalue weighted by atomic mass is 9.79. The number of hydrogen-bond donors (Lipinski definition) is 2. The van der Waals surface area contributed by atoms with Gasteiger partial charge in [-0.1, -0.05) is 114 Å². The van der Waals surface area contributed by atoms with Crippen molar-refractivity contribution in [3.8, 4) is 11.5 Å². The highest BCUT2D eigenvalue weighted by molar-refractivity contribution is 5.86. The minimum absolute atomic E-state index is 0.0333. The molecule has 0 unspecified atom stereocenters. The van der Waals surface area contributed by atoms with Gasteiger partial charge in [-0.25, -0.2) is 0 Å². The minimum Gasteiger partial charge on any atom is -0.507 e. The zero-order chi connectivity index (χ0) is 33.5. The van der Waals surface area contributed by atoms with Crippen LogP contribution in [0.4, 0.5) is 0 Å². The first-order valence-corrected chi connectivity index (χ1v) is 17.2. The van der Waals surface area contributed by atoms with Crippen LogP contribution in [-0.4, -0.2) is 58.8 Å². The third kappa shape index (κ3) is 8.39. The first kappa shape index (κ1) is 35.2. The molecular formula is C40H61N3O2. The summed E-state index contributed by atoms with van der Waals surface area (Å²) in [5, 5.41) is 22.8. The topological polar surface area (TPSA) is 68.4 Å². The van der Waals surface area contributed by atoms with Gasteiger partial charge in [-0.05, 0) is 57.8 Å². The van der Waals surface area contributed by atoms with E-state index in [0.29, 0.717) is 17.5 Å². The molecule has 4 rings (SSSR count). The molecule has 0 radical (unpaired) electrons. The maximum Gasteiger partial charge on any atom is 0.128 e. The number of rotatable bonds is 5. The Morgan fingerprint density at radius 2 is 0.956 bits per heavy atom. The van der Waals surface area contributed by atoms with Crippen molar-refractivity contribution >= 4 is 12.4 Å². The van der Waals surface area contributed by atoms with Crippen LogP contribution in [0.25, 0.3) is 0 Å². The number of phenols is 2. The Kier molecular flexibility index (Phi) is 10.1. The Morgan fingerprint density at radius 3 is 1.29 bits per heavy atom. The molecule has 0 aromatic heterocycles. The zero-order valence-corrected chi connectivity index (χ0v) is 30.4. The smallest absolute Gasteiger partial charge is 0.128 e. The first-order valence-electron chi connectivity index (χ1n) is 17.2. The van der Waals surface area contributed by atoms with E-state index in [4.69, 9.17) is 9.98 Å². The maximum absolute atomic E-state index is 11.4. The molecule has 1 aliphatic heterocycles. The summed E-state index contributed by atoms with van der Waals surface area (Å²) in [4.78, 5) is 12.9. The molecule has 0 spiro atoms. The summed E-state index contributed by atoms with van der Waals surface area (Å²) in [5.41, 5.74) is 5.35. The average molecular weight is 616 g/mol. The standard InChI is InChI=1S/C40H61N3O2/c1-37(2,3)28-18-26(35(44)31(20-28)39(7,8)9)22-41-33-24-43(30-16-14-13-15-17-30)25-34(33)42-23-27-19-29(38(4,5)6)21-32(36(27)45)40(10,11)12/h18-23,30,33-34,44-45H,13-17,24-25H2,1-12H3/t33-,34-/m1/s1. The molecule has 45 heavy (non-hydrogen) atoms. The molecule has 5 nitrogen and oxygen atoms in total. The molecule has 2 aliphatic rings. The monoisotopic (exact) mass is 615 g/mol. The summed E-state index contributed by atoms with van der Waals surface area (Å²) in [6, 6.07) is 9.03. The summed E-state index contributed by atoms with van der Waals surface area (Å²) in [5.74, 6) is 0.639. The van der Waals surface area contributed by atoms with E-state index in [1.165, 1.54) is 43.2 Å². The predicted octanol–water partition coefficient (Wildman–Crippen LogP) is 9.21. The van der Waals surface area contributed by atoms with Crippen molar-refractivity contribution in [1.29, 1.82) is 0 Å². The van der Waals surface area contributed by atoms with E-state index < -0.39 is 0 Å². The molecule has 1 saturated heterocycles. The van der Waals surface area contributed by atoms with Gasteiger partial charge >= 0.3 is 0 Å². The van der Waals surface area contributed by atoms with E-state index in [9.17, 15) is 10.2 Å². The molecular weight excluding hydrogens is 554 g/mol. The molecule has 2 N–H and O–H groups in total. The van der Waals surface area contributed by atoms with Crippen molar-refractivity contribution in [2.75, 3.05) is 13.1 Å². The number of aliphatic imine (C=N–C) groups is 2. The van der Waals surface area contributed by atoms with Gasteiger partial charge < -0.3 is 10.2 Å². The Bertz CT molecular complexity index is 1300. The van der Waals surface area contributed by atoms with Gasteiger partial charge in [0, 0.05) is 53.8 Å². The number of aromatic hydroxyl groups is 2. The Morgan fingerprint density at radius 1 is 0.578 bits per heavy atom. The SMILES string of the molecule is CC(C)(C)c1cc(C=N[C@@H]2CN(C3CCCCC3)C[C@H]2N=Cc2cc(C(C)(C)C)cc(C(C)(C)C)c2O)c(O)c(C(C)(C)C)c1. The fourth-order valence-corrected chi connectivity index (χ4v) is 6.71. The second-order valence-electron chi connectivity index (χ2n) is 17.9. The molecule has 2 atom stereocenters. The number of benzene rings is 2. The summed E-state index contributed by atoms with van der Waals surface area (Å²) >= 11 is 0. The van der Waals surface area contributed by atoms with Crippen LogP contribution in [0.3, 0.4) is 0 Å². The third-order valence-corrected chi connectivity index (χ3v) is 9.82. The number of hydrogen-bond acceptors (Lipinski definition) is 5. The first-order chi connectivity index (χ1) is 20.7. The van der Waals surface area contributed by atoms with Crippen LogP contribution in [0.1, 0.15) is 149 Å². The van der Waals surface area contributed by atoms with Crippen molar-refractivity contribution in [3.05, 3.63) is 57.6 Å². The maximum atomic E-state index is 11.4. The predicted molar refractivity (Wildman–Crippen MR) is 192 cm³/mol. The van der Waals surface area contributed by atoms with Crippen LogP contribution in [0, 0.1) is 0 Å². The Hall–Kier alpha value is -2.66. The zero-order valence-electron chi connectivity index (χ0n) is 30.4. The second kappa shape index (κ2) is 12.9. The van der Waals surface area contributed by atoms with E-state index in [1.54, 1.807) is 0 Å². The van der Waals surface area contributed by atoms with Crippen LogP contribution in [-0.2, 0) is 21.7 Å². The Balaban J connectivity index is 1.74. The highest BCUT2D eigenvalue weighted by Gasteiger charge is 2.36. The molecule has 2 fully saturated rings. The third-order valence-electron chi connectivity index (χ3n) is 9.82. The van der Waals surface area contributed by atoms with Crippen molar-refractivity contribution in [3.63, 3.8) is 0 Å². The van der Waals surface area contributed by atoms with E-state index in [1.807, 2.05) is 12.4 Å². The summed E-state index contributed by atoms with van der Waals surface area (Å²) in [7, 11) is 0. The summed E-state index contributed by atoms with van der Waals surface area (Å²) < 4.78 is 0. The molecule has 0 bridgehead atoms. The molecule has 0 amide bonds. The Labute approximate surface area is 274 Å².